The van der Waals surface area contributed by atoms with Crippen LogP contribution in [0, 0.1) is 0 Å². The molecule has 0 atom stereocenters. The van der Waals surface area contributed by atoms with Crippen molar-refractivity contribution in [2.75, 3.05) is 40.0 Å². The van der Waals surface area contributed by atoms with Gasteiger partial charge in [-0.3, -0.25) is 4.84 Å². The number of halogens is 1. The summed E-state index contributed by atoms with van der Waals surface area (Å²) < 4.78 is 21.0. The van der Waals surface area contributed by atoms with Gasteiger partial charge in [0.1, 0.15) is 0 Å². The summed E-state index contributed by atoms with van der Waals surface area (Å²) in [6.45, 7) is 0.449. The monoisotopic (exact) mass is 594 g/mol. The molecule has 9 nitrogen and oxygen atoms in total. The van der Waals surface area contributed by atoms with Gasteiger partial charge in [-0.2, -0.15) is 9.44 Å². The van der Waals surface area contributed by atoms with Crippen LogP contribution >= 0.6 is 23.9 Å². The number of amides is 2. The van der Waals surface area contributed by atoms with Crippen molar-refractivity contribution in [3.05, 3.63) is 78.6 Å². The summed E-state index contributed by atoms with van der Waals surface area (Å²) in [7, 11) is 6.21. The Morgan fingerprint density at radius 1 is 0.927 bits per heavy atom. The number of nitrogens with one attached hydrogen (secondary N) is 2. The van der Waals surface area contributed by atoms with E-state index in [1.165, 1.54) is 23.7 Å². The molecule has 0 aliphatic carbocycles. The second kappa shape index (κ2) is 13.4. The minimum Gasteiger partial charge on any atom is -0.493 e. The molecule has 5 aromatic rings. The van der Waals surface area contributed by atoms with Crippen LogP contribution in [0.3, 0.4) is 0 Å². The number of benzene rings is 3. The summed E-state index contributed by atoms with van der Waals surface area (Å²) in [6.07, 6.45) is 2.47. The summed E-state index contributed by atoms with van der Waals surface area (Å²) in [4.78, 5) is 22.8. The summed E-state index contributed by atoms with van der Waals surface area (Å²) in [5.74, 6) is 1.63. The highest BCUT2D eigenvalue weighted by Gasteiger charge is 2.20. The van der Waals surface area contributed by atoms with Crippen LogP contribution in [0.15, 0.2) is 72.9 Å². The predicted molar refractivity (Wildman–Crippen MR) is 165 cm³/mol. The lowest BCUT2D eigenvalue weighted by Crippen LogP contribution is -2.40. The van der Waals surface area contributed by atoms with Crippen LogP contribution in [0.25, 0.3) is 32.5 Å². The molecule has 214 valence electrons. The van der Waals surface area contributed by atoms with Crippen LogP contribution < -0.4 is 24.6 Å². The zero-order valence-electron chi connectivity index (χ0n) is 23.1. The number of carbonyl (C=O) groups excluding carboxylic acids is 1. The summed E-state index contributed by atoms with van der Waals surface area (Å²) >= 11 is 1.36. The van der Waals surface area contributed by atoms with Crippen LogP contribution in [0.5, 0.6) is 17.2 Å². The van der Waals surface area contributed by atoms with Crippen LogP contribution in [-0.4, -0.2) is 50.4 Å². The lowest BCUT2D eigenvalue weighted by atomic mass is 10.0. The molecule has 0 unspecified atom stereocenters. The number of aromatic amines is 1. The highest BCUT2D eigenvalue weighted by atomic mass is 35.5. The molecule has 0 aliphatic rings. The molecule has 0 saturated carbocycles. The molecule has 2 N–H and O–H groups in total. The lowest BCUT2D eigenvalue weighted by Gasteiger charge is -2.21. The first-order valence-electron chi connectivity index (χ1n) is 12.6. The van der Waals surface area contributed by atoms with Gasteiger partial charge in [-0.1, -0.05) is 30.3 Å². The van der Waals surface area contributed by atoms with Gasteiger partial charge in [0.15, 0.2) is 11.5 Å². The smallest absolute Gasteiger partial charge is 0.346 e. The highest BCUT2D eigenvalue weighted by molar-refractivity contribution is 7.10. The van der Waals surface area contributed by atoms with Crippen molar-refractivity contribution in [3.8, 4) is 38.8 Å². The SMILES string of the molecule is COc1cc(-c2sncc2-c2cccc(N(OC)C(=O)NCCc3cc4ccccc4[nH]3)c2)cc(OC)c1OC.Cl. The molecule has 2 amide bonds. The number of para-hydroxylation sites is 1. The maximum atomic E-state index is 13.1. The Hall–Kier alpha value is -4.25. The molecule has 2 heterocycles. The van der Waals surface area contributed by atoms with Crippen molar-refractivity contribution in [2.45, 2.75) is 6.42 Å². The number of methoxy groups -OCH3 is 3. The summed E-state index contributed by atoms with van der Waals surface area (Å²) in [5.41, 5.74) is 5.37. The first-order valence-corrected chi connectivity index (χ1v) is 13.4. The predicted octanol–water partition coefficient (Wildman–Crippen LogP) is 6.73. The molecular weight excluding hydrogens is 564 g/mol. The van der Waals surface area contributed by atoms with E-state index in [1.54, 1.807) is 27.5 Å². The summed E-state index contributed by atoms with van der Waals surface area (Å²) in [6, 6.07) is 21.2. The number of urea groups is 1. The van der Waals surface area contributed by atoms with Gasteiger partial charge in [-0.25, -0.2) is 4.79 Å². The van der Waals surface area contributed by atoms with Crippen LogP contribution in [0.4, 0.5) is 10.5 Å². The van der Waals surface area contributed by atoms with Gasteiger partial charge >= 0.3 is 6.03 Å². The maximum Gasteiger partial charge on any atom is 0.346 e. The van der Waals surface area contributed by atoms with E-state index in [-0.39, 0.29) is 18.4 Å². The van der Waals surface area contributed by atoms with Crippen molar-refractivity contribution in [3.63, 3.8) is 0 Å². The van der Waals surface area contributed by atoms with Crippen molar-refractivity contribution in [1.82, 2.24) is 14.7 Å². The topological polar surface area (TPSA) is 97.9 Å². The Morgan fingerprint density at radius 3 is 2.37 bits per heavy atom. The van der Waals surface area contributed by atoms with E-state index in [9.17, 15) is 4.79 Å². The van der Waals surface area contributed by atoms with Crippen molar-refractivity contribution in [1.29, 1.82) is 0 Å². The zero-order chi connectivity index (χ0) is 28.1. The Morgan fingerprint density at radius 2 is 1.68 bits per heavy atom. The third-order valence-corrected chi connectivity index (χ3v) is 7.36. The average molecular weight is 595 g/mol. The van der Waals surface area contributed by atoms with Crippen LogP contribution in [0.2, 0.25) is 0 Å². The van der Waals surface area contributed by atoms with Gasteiger partial charge in [-0.05, 0) is 58.9 Å². The third-order valence-electron chi connectivity index (χ3n) is 6.51. The third kappa shape index (κ3) is 6.25. The first-order chi connectivity index (χ1) is 19.6. The average Bonchev–Trinajstić information content (AvgIpc) is 3.64. The molecule has 3 aromatic carbocycles. The largest absolute Gasteiger partial charge is 0.493 e. The van der Waals surface area contributed by atoms with Gasteiger partial charge in [0.2, 0.25) is 5.75 Å². The molecule has 0 spiro atoms. The Kier molecular flexibility index (Phi) is 9.72. The molecular formula is C30H31ClN4O5S. The number of hydrogen-bond donors (Lipinski definition) is 2. The summed E-state index contributed by atoms with van der Waals surface area (Å²) in [5, 5.41) is 5.33. The van der Waals surface area contributed by atoms with Crippen molar-refractivity contribution in [2.24, 2.45) is 0 Å². The normalized spacial score (nSPS) is 10.6. The zero-order valence-corrected chi connectivity index (χ0v) is 24.7. The Balaban J connectivity index is 0.00000387. The number of anilines is 1. The van der Waals surface area contributed by atoms with Crippen LogP contribution in [-0.2, 0) is 11.3 Å². The maximum absolute atomic E-state index is 13.1. The number of hydroxylamine groups is 1. The molecule has 5 rings (SSSR count). The number of nitrogens with zero attached hydrogens (tertiary/aromatic N) is 2. The number of rotatable bonds is 10. The van der Waals surface area contributed by atoms with E-state index in [2.05, 4.69) is 26.8 Å². The fraction of sp³-hybridized carbons (Fsp3) is 0.200. The van der Waals surface area contributed by atoms with E-state index in [0.29, 0.717) is 35.9 Å². The lowest BCUT2D eigenvalue weighted by molar-refractivity contribution is 0.163. The van der Waals surface area contributed by atoms with Crippen molar-refractivity contribution >= 4 is 46.6 Å². The molecule has 11 heteroatoms. The molecule has 41 heavy (non-hydrogen) atoms. The molecule has 2 aromatic heterocycles. The number of ether oxygens (including phenoxy) is 3. The van der Waals surface area contributed by atoms with Gasteiger partial charge in [0.05, 0.1) is 39.0 Å². The van der Waals surface area contributed by atoms with Gasteiger partial charge in [0, 0.05) is 41.5 Å². The highest BCUT2D eigenvalue weighted by Crippen LogP contribution is 2.44. The number of aromatic nitrogens is 2. The van der Waals surface area contributed by atoms with E-state index < -0.39 is 0 Å². The molecule has 0 fully saturated rings. The van der Waals surface area contributed by atoms with Gasteiger partial charge in [0.25, 0.3) is 0 Å². The second-order valence-electron chi connectivity index (χ2n) is 8.87. The van der Waals surface area contributed by atoms with Gasteiger partial charge < -0.3 is 24.5 Å². The van der Waals surface area contributed by atoms with Crippen molar-refractivity contribution < 1.29 is 23.8 Å². The minimum absolute atomic E-state index is 0. The van der Waals surface area contributed by atoms with E-state index in [0.717, 1.165) is 38.2 Å². The quantitative estimate of drug-likeness (QED) is 0.174. The fourth-order valence-corrected chi connectivity index (χ4v) is 5.37. The molecule has 0 aliphatic heterocycles. The Labute approximate surface area is 248 Å². The second-order valence-corrected chi connectivity index (χ2v) is 9.68. The number of hydrogen-bond acceptors (Lipinski definition) is 7. The van der Waals surface area contributed by atoms with E-state index in [4.69, 9.17) is 19.0 Å². The standard InChI is InChI=1S/C30H30N4O5S.ClH/c1-36-26-16-21(17-27(37-2)28(26)38-3)29-24(18-32-40-29)19-9-7-10-23(15-19)34(39-4)30(35)31-13-12-22-14-20-8-5-6-11-25(20)33-22;/h5-11,14-18,33H,12-13H2,1-4H3,(H,31,35);1H. The number of H-pyrrole nitrogens is 1. The first kappa shape index (κ1) is 29.7. The Bertz CT molecular complexity index is 1580. The molecule has 0 saturated heterocycles. The number of carbonyl (C=O) groups is 1. The van der Waals surface area contributed by atoms with Gasteiger partial charge in [-0.15, -0.1) is 12.4 Å². The number of fused-ring (bicyclic) bond motifs is 1. The van der Waals surface area contributed by atoms with E-state index in [1.807, 2.05) is 54.6 Å². The van der Waals surface area contributed by atoms with Crippen LogP contribution in [0.1, 0.15) is 5.69 Å². The fourth-order valence-electron chi connectivity index (χ4n) is 4.61. The van der Waals surface area contributed by atoms with E-state index >= 15 is 0 Å². The molecule has 0 radical (unpaired) electrons. The minimum atomic E-state index is -0.357. The molecule has 0 bridgehead atoms.